The normalized spacial score (nSPS) is 20.2. The zero-order chi connectivity index (χ0) is 18.1. The van der Waals surface area contributed by atoms with Gasteiger partial charge in [-0.1, -0.05) is 6.07 Å². The van der Waals surface area contributed by atoms with Gasteiger partial charge in [0.05, 0.1) is 29.3 Å². The van der Waals surface area contributed by atoms with Gasteiger partial charge in [-0.2, -0.15) is 0 Å². The van der Waals surface area contributed by atoms with Gasteiger partial charge in [-0.25, -0.2) is 9.37 Å². The van der Waals surface area contributed by atoms with E-state index in [0.29, 0.717) is 19.6 Å². The van der Waals surface area contributed by atoms with Gasteiger partial charge in [0.2, 0.25) is 0 Å². The van der Waals surface area contributed by atoms with Gasteiger partial charge in [0.25, 0.3) is 0 Å². The molecule has 7 heteroatoms. The molecule has 1 spiro atoms. The lowest BCUT2D eigenvalue weighted by atomic mass is 9.83. The number of hydrogen-bond donors (Lipinski definition) is 1. The van der Waals surface area contributed by atoms with Gasteiger partial charge in [0.15, 0.2) is 0 Å². The number of aliphatic carboxylic acids is 1. The van der Waals surface area contributed by atoms with E-state index >= 15 is 0 Å². The van der Waals surface area contributed by atoms with E-state index in [-0.39, 0.29) is 5.82 Å². The second-order valence-corrected chi connectivity index (χ2v) is 7.82. The lowest BCUT2D eigenvalue weighted by molar-refractivity contribution is -0.143. The molecule has 0 aliphatic carbocycles. The van der Waals surface area contributed by atoms with Gasteiger partial charge in [-0.05, 0) is 36.1 Å². The Kier molecular flexibility index (Phi) is 4.77. The number of aromatic nitrogens is 1. The Morgan fingerprint density at radius 2 is 2.23 bits per heavy atom. The number of hydrogen-bond acceptors (Lipinski definition) is 5. The molecule has 1 aromatic heterocycles. The number of nitrogens with zero attached hydrogens (tertiary/aromatic N) is 2. The first-order valence-corrected chi connectivity index (χ1v) is 9.75. The van der Waals surface area contributed by atoms with Crippen molar-refractivity contribution in [2.75, 3.05) is 19.6 Å². The summed E-state index contributed by atoms with van der Waals surface area (Å²) in [5.41, 5.74) is 4.18. The first kappa shape index (κ1) is 17.6. The van der Waals surface area contributed by atoms with Gasteiger partial charge in [0.1, 0.15) is 5.82 Å². The zero-order valence-corrected chi connectivity index (χ0v) is 15.2. The molecule has 26 heavy (non-hydrogen) atoms. The van der Waals surface area contributed by atoms with Crippen molar-refractivity contribution in [3.63, 3.8) is 0 Å². The standard InChI is InChI=1S/C19H21FN2O3S/c20-15-2-1-13-10-25-19(17(13)8-15)3-5-22(6-4-19)9-14(18(23)24)7-16-11-26-12-21-16/h1-2,8,11-12,14H,3-7,9-10H2,(H,23,24). The maximum absolute atomic E-state index is 13.7. The minimum atomic E-state index is -0.789. The van der Waals surface area contributed by atoms with Crippen LogP contribution in [0.5, 0.6) is 0 Å². The highest BCUT2D eigenvalue weighted by Gasteiger charge is 2.43. The zero-order valence-electron chi connectivity index (χ0n) is 14.4. The van der Waals surface area contributed by atoms with Gasteiger partial charge in [-0.15, -0.1) is 11.3 Å². The van der Waals surface area contributed by atoms with Crippen molar-refractivity contribution in [2.24, 2.45) is 5.92 Å². The quantitative estimate of drug-likeness (QED) is 0.869. The van der Waals surface area contributed by atoms with Crippen LogP contribution in [0.3, 0.4) is 0 Å². The SMILES string of the molecule is O=C(O)C(Cc1cscn1)CN1CCC2(CC1)OCc1ccc(F)cc12. The summed E-state index contributed by atoms with van der Waals surface area (Å²) in [6, 6.07) is 4.88. The highest BCUT2D eigenvalue weighted by atomic mass is 32.1. The third-order valence-electron chi connectivity index (χ3n) is 5.50. The Morgan fingerprint density at radius 1 is 1.42 bits per heavy atom. The molecule has 2 aliphatic rings. The van der Waals surface area contributed by atoms with Crippen molar-refractivity contribution in [1.29, 1.82) is 0 Å². The number of carboxylic acids is 1. The highest BCUT2D eigenvalue weighted by Crippen LogP contribution is 2.44. The molecule has 3 heterocycles. The molecule has 2 aromatic rings. The Balaban J connectivity index is 1.41. The van der Waals surface area contributed by atoms with E-state index in [1.54, 1.807) is 17.6 Å². The van der Waals surface area contributed by atoms with Crippen molar-refractivity contribution in [3.05, 3.63) is 51.7 Å². The summed E-state index contributed by atoms with van der Waals surface area (Å²) in [7, 11) is 0. The summed E-state index contributed by atoms with van der Waals surface area (Å²) in [6.07, 6.45) is 1.96. The molecule has 4 rings (SSSR count). The van der Waals surface area contributed by atoms with Crippen molar-refractivity contribution in [3.8, 4) is 0 Å². The number of thiazole rings is 1. The molecule has 1 fully saturated rings. The minimum absolute atomic E-state index is 0.231. The summed E-state index contributed by atoms with van der Waals surface area (Å²) < 4.78 is 19.8. The summed E-state index contributed by atoms with van der Waals surface area (Å²) in [5, 5.41) is 11.5. The molecule has 1 aromatic carbocycles. The molecule has 0 saturated carbocycles. The Hall–Kier alpha value is -1.83. The number of piperidine rings is 1. The van der Waals surface area contributed by atoms with Crippen LogP contribution in [-0.2, 0) is 28.2 Å². The molecule has 1 N–H and O–H groups in total. The van der Waals surface area contributed by atoms with Crippen molar-refractivity contribution in [2.45, 2.75) is 31.5 Å². The fourth-order valence-corrected chi connectivity index (χ4v) is 4.61. The molecule has 0 amide bonds. The average molecular weight is 376 g/mol. The summed E-state index contributed by atoms with van der Waals surface area (Å²) in [4.78, 5) is 18.0. The number of ether oxygens (including phenoxy) is 1. The smallest absolute Gasteiger partial charge is 0.308 e. The molecule has 1 unspecified atom stereocenters. The van der Waals surface area contributed by atoms with E-state index in [9.17, 15) is 14.3 Å². The lowest BCUT2D eigenvalue weighted by Gasteiger charge is -2.40. The largest absolute Gasteiger partial charge is 0.481 e. The second kappa shape index (κ2) is 7.06. The summed E-state index contributed by atoms with van der Waals surface area (Å²) in [5.74, 6) is -1.49. The average Bonchev–Trinajstić information content (AvgIpc) is 3.25. The fraction of sp³-hybridized carbons (Fsp3) is 0.474. The van der Waals surface area contributed by atoms with Crippen LogP contribution in [0.25, 0.3) is 0 Å². The van der Waals surface area contributed by atoms with E-state index in [0.717, 1.165) is 42.8 Å². The van der Waals surface area contributed by atoms with Crippen LogP contribution in [0.4, 0.5) is 4.39 Å². The first-order valence-electron chi connectivity index (χ1n) is 8.81. The Labute approximate surface area is 155 Å². The molecule has 0 bridgehead atoms. The number of carbonyl (C=O) groups is 1. The van der Waals surface area contributed by atoms with E-state index in [1.807, 2.05) is 5.38 Å². The maximum Gasteiger partial charge on any atom is 0.308 e. The first-order chi connectivity index (χ1) is 12.6. The van der Waals surface area contributed by atoms with E-state index in [2.05, 4.69) is 9.88 Å². The number of benzene rings is 1. The molecule has 1 saturated heterocycles. The third-order valence-corrected chi connectivity index (χ3v) is 6.13. The summed E-state index contributed by atoms with van der Waals surface area (Å²) >= 11 is 1.48. The van der Waals surface area contributed by atoms with Gasteiger partial charge >= 0.3 is 5.97 Å². The molecule has 2 aliphatic heterocycles. The van der Waals surface area contributed by atoms with Gasteiger partial charge < -0.3 is 14.7 Å². The Morgan fingerprint density at radius 3 is 2.92 bits per heavy atom. The number of carboxylic acid groups (broad SMARTS) is 1. The predicted molar refractivity (Wildman–Crippen MR) is 95.5 cm³/mol. The van der Waals surface area contributed by atoms with Crippen LogP contribution < -0.4 is 0 Å². The molecular formula is C19H21FN2O3S. The molecule has 0 radical (unpaired) electrons. The number of rotatable bonds is 5. The third kappa shape index (κ3) is 3.39. The summed E-state index contributed by atoms with van der Waals surface area (Å²) in [6.45, 7) is 2.52. The molecule has 5 nitrogen and oxygen atoms in total. The monoisotopic (exact) mass is 376 g/mol. The van der Waals surface area contributed by atoms with E-state index in [4.69, 9.17) is 4.74 Å². The van der Waals surface area contributed by atoms with Crippen molar-refractivity contribution >= 4 is 17.3 Å². The predicted octanol–water partition coefficient (Wildman–Crippen LogP) is 3.05. The number of halogens is 1. The van der Waals surface area contributed by atoms with Crippen LogP contribution in [0, 0.1) is 11.7 Å². The number of fused-ring (bicyclic) bond motifs is 2. The minimum Gasteiger partial charge on any atom is -0.481 e. The number of likely N-dealkylation sites (tertiary alicyclic amines) is 1. The van der Waals surface area contributed by atoms with Gasteiger partial charge in [0, 0.05) is 31.4 Å². The van der Waals surface area contributed by atoms with Crippen molar-refractivity contribution in [1.82, 2.24) is 9.88 Å². The van der Waals surface area contributed by atoms with Crippen LogP contribution in [0.1, 0.15) is 29.7 Å². The van der Waals surface area contributed by atoms with Crippen LogP contribution in [-0.4, -0.2) is 40.6 Å². The van der Waals surface area contributed by atoms with Crippen LogP contribution >= 0.6 is 11.3 Å². The van der Waals surface area contributed by atoms with Gasteiger partial charge in [-0.3, -0.25) is 4.79 Å². The van der Waals surface area contributed by atoms with Crippen LogP contribution in [0.2, 0.25) is 0 Å². The van der Waals surface area contributed by atoms with E-state index < -0.39 is 17.5 Å². The molecule has 138 valence electrons. The lowest BCUT2D eigenvalue weighted by Crippen LogP contribution is -2.45. The fourth-order valence-electron chi connectivity index (χ4n) is 4.04. The van der Waals surface area contributed by atoms with E-state index in [1.165, 1.54) is 17.4 Å². The molecule has 1 atom stereocenters. The molecular weight excluding hydrogens is 355 g/mol. The second-order valence-electron chi connectivity index (χ2n) is 7.10. The van der Waals surface area contributed by atoms with Crippen molar-refractivity contribution < 1.29 is 19.0 Å². The topological polar surface area (TPSA) is 62.7 Å². The maximum atomic E-state index is 13.7. The highest BCUT2D eigenvalue weighted by molar-refractivity contribution is 7.07. The Bertz CT molecular complexity index is 788. The van der Waals surface area contributed by atoms with Crippen LogP contribution in [0.15, 0.2) is 29.1 Å².